The fraction of sp³-hybridized carbons (Fsp3) is 0.769. The standard InChI is InChI=1S/C13H23N3S.2ClH/c1-3-4-12-15-11(8-17-12)7-16-6-5-13(2,9-14)10-16;;/h8H,3-7,9-10,14H2,1-2H3;2*1H. The molecule has 0 aliphatic carbocycles. The third-order valence-electron chi connectivity index (χ3n) is 3.58. The van der Waals surface area contributed by atoms with Crippen LogP contribution in [0.15, 0.2) is 5.38 Å². The highest BCUT2D eigenvalue weighted by molar-refractivity contribution is 7.09. The summed E-state index contributed by atoms with van der Waals surface area (Å²) in [6.07, 6.45) is 3.52. The zero-order chi connectivity index (χ0) is 12.3. The summed E-state index contributed by atoms with van der Waals surface area (Å²) >= 11 is 1.80. The van der Waals surface area contributed by atoms with Gasteiger partial charge in [0.25, 0.3) is 0 Å². The van der Waals surface area contributed by atoms with Crippen molar-refractivity contribution in [2.24, 2.45) is 11.1 Å². The minimum Gasteiger partial charge on any atom is -0.330 e. The van der Waals surface area contributed by atoms with Gasteiger partial charge in [-0.05, 0) is 37.8 Å². The Bertz CT molecular complexity index is 373. The smallest absolute Gasteiger partial charge is 0.0928 e. The Morgan fingerprint density at radius 2 is 2.21 bits per heavy atom. The summed E-state index contributed by atoms with van der Waals surface area (Å²) < 4.78 is 0. The zero-order valence-electron chi connectivity index (χ0n) is 11.7. The molecule has 0 spiro atoms. The normalized spacial score (nSPS) is 22.9. The lowest BCUT2D eigenvalue weighted by molar-refractivity contribution is 0.272. The fourth-order valence-corrected chi connectivity index (χ4v) is 3.30. The average Bonchev–Trinajstić information content (AvgIpc) is 2.89. The van der Waals surface area contributed by atoms with Gasteiger partial charge >= 0.3 is 0 Å². The SMILES string of the molecule is CCCc1nc(CN2CCC(C)(CN)C2)cs1.Cl.Cl. The molecule has 1 aromatic rings. The summed E-state index contributed by atoms with van der Waals surface area (Å²) in [7, 11) is 0. The van der Waals surface area contributed by atoms with Gasteiger partial charge in [0.1, 0.15) is 0 Å². The van der Waals surface area contributed by atoms with E-state index in [1.165, 1.54) is 23.5 Å². The van der Waals surface area contributed by atoms with Gasteiger partial charge in [-0.3, -0.25) is 4.90 Å². The van der Waals surface area contributed by atoms with Crippen LogP contribution in [0, 0.1) is 5.41 Å². The highest BCUT2D eigenvalue weighted by Gasteiger charge is 2.32. The lowest BCUT2D eigenvalue weighted by atomic mass is 9.90. The second kappa shape index (κ2) is 8.42. The Balaban J connectivity index is 0.00000162. The number of aryl methyl sites for hydroxylation is 1. The molecule has 19 heavy (non-hydrogen) atoms. The van der Waals surface area contributed by atoms with Crippen molar-refractivity contribution in [1.82, 2.24) is 9.88 Å². The third kappa shape index (κ3) is 5.20. The molecule has 0 bridgehead atoms. The fourth-order valence-electron chi connectivity index (χ4n) is 2.41. The summed E-state index contributed by atoms with van der Waals surface area (Å²) in [5.41, 5.74) is 7.38. The molecule has 2 N–H and O–H groups in total. The van der Waals surface area contributed by atoms with Crippen molar-refractivity contribution in [3.8, 4) is 0 Å². The Kier molecular flexibility index (Phi) is 8.48. The van der Waals surface area contributed by atoms with Crippen LogP contribution >= 0.6 is 36.2 Å². The molecule has 1 unspecified atom stereocenters. The Hall–Kier alpha value is 0.130. The number of nitrogens with two attached hydrogens (primary N) is 1. The Morgan fingerprint density at radius 1 is 1.47 bits per heavy atom. The van der Waals surface area contributed by atoms with Crippen LogP contribution in [0.2, 0.25) is 0 Å². The number of hydrogen-bond donors (Lipinski definition) is 1. The highest BCUT2D eigenvalue weighted by atomic mass is 35.5. The molecule has 6 heteroatoms. The van der Waals surface area contributed by atoms with Crippen molar-refractivity contribution in [2.75, 3.05) is 19.6 Å². The monoisotopic (exact) mass is 325 g/mol. The van der Waals surface area contributed by atoms with Crippen molar-refractivity contribution in [2.45, 2.75) is 39.7 Å². The second-order valence-corrected chi connectivity index (χ2v) is 6.40. The van der Waals surface area contributed by atoms with Gasteiger partial charge in [0, 0.05) is 18.5 Å². The van der Waals surface area contributed by atoms with Crippen molar-refractivity contribution < 1.29 is 0 Å². The molecule has 0 radical (unpaired) electrons. The molecule has 0 saturated carbocycles. The van der Waals surface area contributed by atoms with Crippen LogP contribution in [0.5, 0.6) is 0 Å². The number of hydrogen-bond acceptors (Lipinski definition) is 4. The molecule has 0 amide bonds. The second-order valence-electron chi connectivity index (χ2n) is 5.46. The van der Waals surface area contributed by atoms with E-state index in [1.54, 1.807) is 11.3 Å². The number of thiazole rings is 1. The molecule has 1 aliphatic rings. The van der Waals surface area contributed by atoms with E-state index < -0.39 is 0 Å². The van der Waals surface area contributed by atoms with Crippen LogP contribution in [0.3, 0.4) is 0 Å². The highest BCUT2D eigenvalue weighted by Crippen LogP contribution is 2.29. The van der Waals surface area contributed by atoms with Gasteiger partial charge in [0.2, 0.25) is 0 Å². The largest absolute Gasteiger partial charge is 0.330 e. The number of halogens is 2. The number of rotatable bonds is 5. The first-order valence-electron chi connectivity index (χ1n) is 6.51. The third-order valence-corrected chi connectivity index (χ3v) is 4.54. The molecule has 2 rings (SSSR count). The van der Waals surface area contributed by atoms with E-state index in [1.807, 2.05) is 0 Å². The van der Waals surface area contributed by atoms with Crippen molar-refractivity contribution in [1.29, 1.82) is 0 Å². The van der Waals surface area contributed by atoms with Crippen LogP contribution in [-0.2, 0) is 13.0 Å². The predicted octanol–water partition coefficient (Wildman–Crippen LogP) is 3.11. The summed E-state index contributed by atoms with van der Waals surface area (Å²) in [6, 6.07) is 0. The summed E-state index contributed by atoms with van der Waals surface area (Å²) in [6.45, 7) is 8.56. The Morgan fingerprint density at radius 3 is 2.79 bits per heavy atom. The number of aromatic nitrogens is 1. The number of likely N-dealkylation sites (tertiary alicyclic amines) is 1. The van der Waals surface area contributed by atoms with E-state index in [-0.39, 0.29) is 24.8 Å². The van der Waals surface area contributed by atoms with Gasteiger partial charge in [-0.15, -0.1) is 36.2 Å². The lowest BCUT2D eigenvalue weighted by Gasteiger charge is -2.22. The van der Waals surface area contributed by atoms with Crippen molar-refractivity contribution in [3.63, 3.8) is 0 Å². The molecule has 112 valence electrons. The summed E-state index contributed by atoms with van der Waals surface area (Å²) in [5.74, 6) is 0. The molecule has 2 heterocycles. The maximum absolute atomic E-state index is 5.83. The van der Waals surface area contributed by atoms with Gasteiger partial charge in [-0.1, -0.05) is 13.8 Å². The van der Waals surface area contributed by atoms with Gasteiger partial charge < -0.3 is 5.73 Å². The maximum Gasteiger partial charge on any atom is 0.0928 e. The van der Waals surface area contributed by atoms with E-state index >= 15 is 0 Å². The summed E-state index contributed by atoms with van der Waals surface area (Å²) in [5, 5.41) is 3.49. The van der Waals surface area contributed by atoms with E-state index in [2.05, 4.69) is 29.1 Å². The molecule has 1 atom stereocenters. The van der Waals surface area contributed by atoms with Gasteiger partial charge in [-0.2, -0.15) is 0 Å². The average molecular weight is 326 g/mol. The van der Waals surface area contributed by atoms with Crippen LogP contribution in [0.4, 0.5) is 0 Å². The van der Waals surface area contributed by atoms with E-state index in [0.717, 1.165) is 32.6 Å². The van der Waals surface area contributed by atoms with Crippen LogP contribution in [0.1, 0.15) is 37.4 Å². The van der Waals surface area contributed by atoms with Crippen LogP contribution in [0.25, 0.3) is 0 Å². The van der Waals surface area contributed by atoms with Gasteiger partial charge in [-0.25, -0.2) is 4.98 Å². The van der Waals surface area contributed by atoms with E-state index in [9.17, 15) is 0 Å². The van der Waals surface area contributed by atoms with Crippen molar-refractivity contribution >= 4 is 36.2 Å². The van der Waals surface area contributed by atoms with E-state index in [4.69, 9.17) is 5.73 Å². The van der Waals surface area contributed by atoms with Gasteiger partial charge in [0.15, 0.2) is 0 Å². The molecule has 1 aliphatic heterocycles. The first-order chi connectivity index (χ1) is 8.15. The maximum atomic E-state index is 5.83. The van der Waals surface area contributed by atoms with Crippen LogP contribution < -0.4 is 5.73 Å². The minimum atomic E-state index is 0. The lowest BCUT2D eigenvalue weighted by Crippen LogP contribution is -2.31. The quantitative estimate of drug-likeness (QED) is 0.904. The molecular weight excluding hydrogens is 301 g/mol. The van der Waals surface area contributed by atoms with E-state index in [0.29, 0.717) is 5.41 Å². The topological polar surface area (TPSA) is 42.2 Å². The van der Waals surface area contributed by atoms with Crippen molar-refractivity contribution in [3.05, 3.63) is 16.1 Å². The Labute approximate surface area is 132 Å². The zero-order valence-corrected chi connectivity index (χ0v) is 14.2. The molecule has 1 aromatic heterocycles. The molecule has 1 saturated heterocycles. The predicted molar refractivity (Wildman–Crippen MR) is 87.7 cm³/mol. The summed E-state index contributed by atoms with van der Waals surface area (Å²) in [4.78, 5) is 7.17. The molecular formula is C13H25Cl2N3S. The van der Waals surface area contributed by atoms with Crippen LogP contribution in [-0.4, -0.2) is 29.5 Å². The molecule has 3 nitrogen and oxygen atoms in total. The first kappa shape index (κ1) is 19.1. The van der Waals surface area contributed by atoms with Gasteiger partial charge in [0.05, 0.1) is 10.7 Å². The molecule has 0 aromatic carbocycles. The first-order valence-corrected chi connectivity index (χ1v) is 7.39. The molecule has 1 fully saturated rings. The number of nitrogens with zero attached hydrogens (tertiary/aromatic N) is 2. The minimum absolute atomic E-state index is 0.